The predicted molar refractivity (Wildman–Crippen MR) is 74.1 cm³/mol. The van der Waals surface area contributed by atoms with Crippen LogP contribution in [-0.2, 0) is 4.79 Å². The number of nitrogens with one attached hydrogen (secondary N) is 2. The van der Waals surface area contributed by atoms with Crippen molar-refractivity contribution in [2.45, 2.75) is 31.7 Å². The summed E-state index contributed by atoms with van der Waals surface area (Å²) in [5.74, 6) is 0.599. The fraction of sp³-hybridized carbons (Fsp3) is 0.571. The fourth-order valence-electron chi connectivity index (χ4n) is 2.57. The lowest BCUT2D eigenvalue weighted by Gasteiger charge is -2.27. The van der Waals surface area contributed by atoms with Crippen LogP contribution in [0.25, 0.3) is 0 Å². The van der Waals surface area contributed by atoms with Gasteiger partial charge in [0.25, 0.3) is 0 Å². The molecule has 1 aromatic rings. The molecule has 0 bridgehead atoms. The summed E-state index contributed by atoms with van der Waals surface area (Å²) in [5, 5.41) is 4.68. The van der Waals surface area contributed by atoms with Crippen molar-refractivity contribution in [2.75, 3.05) is 20.1 Å². The van der Waals surface area contributed by atoms with E-state index in [0.717, 1.165) is 38.0 Å². The number of urea groups is 1. The number of carbonyl (C=O) groups is 2. The molecule has 1 aliphatic heterocycles. The van der Waals surface area contributed by atoms with Gasteiger partial charge in [0.1, 0.15) is 5.76 Å². The summed E-state index contributed by atoms with van der Waals surface area (Å²) < 4.78 is 5.49. The van der Waals surface area contributed by atoms with Crippen molar-refractivity contribution in [3.63, 3.8) is 0 Å². The average Bonchev–Trinajstić information content (AvgIpc) is 2.86. The second-order valence-corrected chi connectivity index (χ2v) is 4.98. The molecule has 1 atom stereocenters. The number of imide groups is 1. The standard InChI is InChI=1S/C14H21N3O3/c1-15-14(19)16-13(18)10-17-8-4-2-3-6-11(17)12-7-5-9-20-12/h5,7,9,11H,2-4,6,8,10H2,1H3,(H2,15,16,18,19)/t11-/m0/s1. The lowest BCUT2D eigenvalue weighted by Crippen LogP contribution is -2.44. The van der Waals surface area contributed by atoms with E-state index < -0.39 is 6.03 Å². The molecular formula is C14H21N3O3. The first-order chi connectivity index (χ1) is 9.70. The molecule has 2 N–H and O–H groups in total. The molecule has 2 rings (SSSR count). The third-order valence-corrected chi connectivity index (χ3v) is 3.56. The molecule has 2 heterocycles. The van der Waals surface area contributed by atoms with Crippen molar-refractivity contribution in [1.29, 1.82) is 0 Å². The van der Waals surface area contributed by atoms with Gasteiger partial charge in [-0.1, -0.05) is 12.8 Å². The molecule has 0 saturated carbocycles. The van der Waals surface area contributed by atoms with Gasteiger partial charge < -0.3 is 9.73 Å². The van der Waals surface area contributed by atoms with Crippen LogP contribution in [0.3, 0.4) is 0 Å². The van der Waals surface area contributed by atoms with Gasteiger partial charge in [0, 0.05) is 7.05 Å². The normalized spacial score (nSPS) is 20.1. The topological polar surface area (TPSA) is 74.6 Å². The summed E-state index contributed by atoms with van der Waals surface area (Å²) >= 11 is 0. The van der Waals surface area contributed by atoms with Crippen molar-refractivity contribution < 1.29 is 14.0 Å². The third-order valence-electron chi connectivity index (χ3n) is 3.56. The monoisotopic (exact) mass is 279 g/mol. The predicted octanol–water partition coefficient (Wildman–Crippen LogP) is 1.65. The van der Waals surface area contributed by atoms with E-state index in [2.05, 4.69) is 15.5 Å². The molecule has 6 heteroatoms. The molecule has 0 aromatic carbocycles. The Hall–Kier alpha value is -1.82. The van der Waals surface area contributed by atoms with Gasteiger partial charge in [-0.2, -0.15) is 0 Å². The Morgan fingerprint density at radius 3 is 2.95 bits per heavy atom. The lowest BCUT2D eigenvalue weighted by molar-refractivity contribution is -0.121. The Kier molecular flexibility index (Phi) is 5.17. The maximum atomic E-state index is 11.9. The van der Waals surface area contributed by atoms with E-state index in [9.17, 15) is 9.59 Å². The van der Waals surface area contributed by atoms with E-state index in [-0.39, 0.29) is 18.5 Å². The van der Waals surface area contributed by atoms with E-state index >= 15 is 0 Å². The van der Waals surface area contributed by atoms with Gasteiger partial charge in [0.15, 0.2) is 0 Å². The first-order valence-electron chi connectivity index (χ1n) is 6.99. The minimum Gasteiger partial charge on any atom is -0.468 e. The van der Waals surface area contributed by atoms with Crippen LogP contribution in [0, 0.1) is 0 Å². The highest BCUT2D eigenvalue weighted by atomic mass is 16.3. The van der Waals surface area contributed by atoms with Crippen molar-refractivity contribution in [2.24, 2.45) is 0 Å². The highest BCUT2D eigenvalue weighted by molar-refractivity contribution is 5.95. The van der Waals surface area contributed by atoms with Gasteiger partial charge in [-0.25, -0.2) is 4.79 Å². The molecular weight excluding hydrogens is 258 g/mol. The number of hydrogen-bond acceptors (Lipinski definition) is 4. The van der Waals surface area contributed by atoms with E-state index in [1.165, 1.54) is 7.05 Å². The maximum Gasteiger partial charge on any atom is 0.321 e. The zero-order chi connectivity index (χ0) is 14.4. The van der Waals surface area contributed by atoms with Crippen LogP contribution in [0.4, 0.5) is 4.79 Å². The summed E-state index contributed by atoms with van der Waals surface area (Å²) in [5.41, 5.74) is 0. The number of carbonyl (C=O) groups excluding carboxylic acids is 2. The number of furan rings is 1. The van der Waals surface area contributed by atoms with E-state index in [1.54, 1.807) is 6.26 Å². The summed E-state index contributed by atoms with van der Waals surface area (Å²) in [7, 11) is 1.49. The largest absolute Gasteiger partial charge is 0.468 e. The van der Waals surface area contributed by atoms with Crippen LogP contribution in [0.5, 0.6) is 0 Å². The maximum absolute atomic E-state index is 11.9. The summed E-state index contributed by atoms with van der Waals surface area (Å²) in [4.78, 5) is 25.1. The van der Waals surface area contributed by atoms with Gasteiger partial charge in [0.05, 0.1) is 18.8 Å². The second kappa shape index (κ2) is 7.09. The van der Waals surface area contributed by atoms with Gasteiger partial charge in [0.2, 0.25) is 5.91 Å². The van der Waals surface area contributed by atoms with Crippen molar-refractivity contribution in [3.05, 3.63) is 24.2 Å². The smallest absolute Gasteiger partial charge is 0.321 e. The quantitative estimate of drug-likeness (QED) is 0.882. The minimum atomic E-state index is -0.473. The van der Waals surface area contributed by atoms with Crippen molar-refractivity contribution >= 4 is 11.9 Å². The van der Waals surface area contributed by atoms with Crippen molar-refractivity contribution in [1.82, 2.24) is 15.5 Å². The van der Waals surface area contributed by atoms with E-state index in [1.807, 2.05) is 12.1 Å². The lowest BCUT2D eigenvalue weighted by atomic mass is 10.1. The zero-order valence-corrected chi connectivity index (χ0v) is 11.7. The Balaban J connectivity index is 2.01. The van der Waals surface area contributed by atoms with E-state index in [4.69, 9.17) is 4.42 Å². The van der Waals surface area contributed by atoms with Crippen LogP contribution in [0.1, 0.15) is 37.5 Å². The molecule has 0 spiro atoms. The molecule has 20 heavy (non-hydrogen) atoms. The Morgan fingerprint density at radius 2 is 2.25 bits per heavy atom. The average molecular weight is 279 g/mol. The third kappa shape index (κ3) is 3.84. The molecule has 0 radical (unpaired) electrons. The van der Waals surface area contributed by atoms with Gasteiger partial charge >= 0.3 is 6.03 Å². The second-order valence-electron chi connectivity index (χ2n) is 4.98. The molecule has 1 aromatic heterocycles. The Bertz CT molecular complexity index is 445. The van der Waals surface area contributed by atoms with Crippen molar-refractivity contribution in [3.8, 4) is 0 Å². The fourth-order valence-corrected chi connectivity index (χ4v) is 2.57. The Labute approximate surface area is 118 Å². The SMILES string of the molecule is CNC(=O)NC(=O)CN1CCCCC[C@H]1c1ccco1. The van der Waals surface area contributed by atoms with Crippen LogP contribution < -0.4 is 10.6 Å². The summed E-state index contributed by atoms with van der Waals surface area (Å²) in [6.45, 7) is 1.05. The number of likely N-dealkylation sites (tertiary alicyclic amines) is 1. The Morgan fingerprint density at radius 1 is 1.40 bits per heavy atom. The van der Waals surface area contributed by atoms with Gasteiger partial charge in [-0.3, -0.25) is 15.0 Å². The molecule has 110 valence electrons. The number of nitrogens with zero attached hydrogens (tertiary/aromatic N) is 1. The summed E-state index contributed by atoms with van der Waals surface area (Å²) in [6, 6.07) is 3.45. The van der Waals surface area contributed by atoms with Gasteiger partial charge in [-0.05, 0) is 31.5 Å². The first-order valence-corrected chi connectivity index (χ1v) is 6.99. The molecule has 0 aliphatic carbocycles. The molecule has 0 unspecified atom stereocenters. The highest BCUT2D eigenvalue weighted by Gasteiger charge is 2.26. The van der Waals surface area contributed by atoms with E-state index in [0.29, 0.717) is 0 Å². The van der Waals surface area contributed by atoms with Crippen LogP contribution in [0.2, 0.25) is 0 Å². The number of rotatable bonds is 3. The molecule has 6 nitrogen and oxygen atoms in total. The molecule has 1 fully saturated rings. The molecule has 3 amide bonds. The molecule has 1 saturated heterocycles. The van der Waals surface area contributed by atoms with Crippen LogP contribution in [0.15, 0.2) is 22.8 Å². The zero-order valence-electron chi connectivity index (χ0n) is 11.7. The summed E-state index contributed by atoms with van der Waals surface area (Å²) in [6.07, 6.45) is 5.97. The number of hydrogen-bond donors (Lipinski definition) is 2. The first kappa shape index (κ1) is 14.6. The van der Waals surface area contributed by atoms with Gasteiger partial charge in [-0.15, -0.1) is 0 Å². The van der Waals surface area contributed by atoms with Crippen LogP contribution in [-0.4, -0.2) is 37.0 Å². The molecule has 1 aliphatic rings. The minimum absolute atomic E-state index is 0.114. The highest BCUT2D eigenvalue weighted by Crippen LogP contribution is 2.29. The van der Waals surface area contributed by atoms with Crippen LogP contribution >= 0.6 is 0 Å². The number of amides is 3.